The highest BCUT2D eigenvalue weighted by molar-refractivity contribution is 6.30. The van der Waals surface area contributed by atoms with Gasteiger partial charge < -0.3 is 4.40 Å². The van der Waals surface area contributed by atoms with Gasteiger partial charge in [0.2, 0.25) is 0 Å². The first-order valence-corrected chi connectivity index (χ1v) is 10.3. The third-order valence-corrected chi connectivity index (χ3v) is 6.58. The summed E-state index contributed by atoms with van der Waals surface area (Å²) in [6.07, 6.45) is 12.2. The number of rotatable bonds is 4. The van der Waals surface area contributed by atoms with Crippen LogP contribution in [0.3, 0.4) is 0 Å². The number of ketones is 1. The van der Waals surface area contributed by atoms with E-state index in [0.717, 1.165) is 41.8 Å². The lowest BCUT2D eigenvalue weighted by Gasteiger charge is -2.28. The van der Waals surface area contributed by atoms with Crippen molar-refractivity contribution in [2.45, 2.75) is 50.4 Å². The Morgan fingerprint density at radius 3 is 2.37 bits per heavy atom. The number of nitrogens with zero attached hydrogens (tertiary/aromatic N) is 2. The van der Waals surface area contributed by atoms with Crippen molar-refractivity contribution in [1.29, 1.82) is 0 Å². The average Bonchev–Trinajstić information content (AvgIpc) is 3.44. The molecule has 3 nitrogen and oxygen atoms in total. The van der Waals surface area contributed by atoms with E-state index in [1.165, 1.54) is 24.0 Å². The lowest BCUT2D eigenvalue weighted by Crippen LogP contribution is -2.22. The number of imidazole rings is 1. The van der Waals surface area contributed by atoms with Crippen molar-refractivity contribution in [2.24, 2.45) is 5.92 Å². The number of pyridine rings is 1. The summed E-state index contributed by atoms with van der Waals surface area (Å²) in [5, 5.41) is 0.782. The molecule has 4 heteroatoms. The van der Waals surface area contributed by atoms with Gasteiger partial charge >= 0.3 is 0 Å². The predicted molar refractivity (Wildman–Crippen MR) is 108 cm³/mol. The van der Waals surface area contributed by atoms with E-state index in [2.05, 4.69) is 23.2 Å². The van der Waals surface area contributed by atoms with Crippen LogP contribution in [0.1, 0.15) is 71.8 Å². The van der Waals surface area contributed by atoms with E-state index >= 15 is 0 Å². The van der Waals surface area contributed by atoms with Gasteiger partial charge in [0.15, 0.2) is 5.78 Å². The summed E-state index contributed by atoms with van der Waals surface area (Å²) in [5.74, 6) is 1.57. The molecule has 5 rings (SSSR count). The molecule has 0 atom stereocenters. The molecule has 0 radical (unpaired) electrons. The maximum absolute atomic E-state index is 13.5. The summed E-state index contributed by atoms with van der Waals surface area (Å²) in [6.45, 7) is 0. The van der Waals surface area contributed by atoms with Crippen molar-refractivity contribution >= 4 is 22.9 Å². The Bertz CT molecular complexity index is 979. The van der Waals surface area contributed by atoms with Crippen molar-refractivity contribution in [2.75, 3.05) is 0 Å². The van der Waals surface area contributed by atoms with Crippen molar-refractivity contribution < 1.29 is 4.79 Å². The predicted octanol–water partition coefficient (Wildman–Crippen LogP) is 6.02. The summed E-state index contributed by atoms with van der Waals surface area (Å²) >= 11 is 6.02. The summed E-state index contributed by atoms with van der Waals surface area (Å²) < 4.78 is 1.98. The van der Waals surface area contributed by atoms with Crippen LogP contribution in [-0.4, -0.2) is 15.2 Å². The summed E-state index contributed by atoms with van der Waals surface area (Å²) in [5.41, 5.74) is 4.51. The standard InChI is InChI=1S/C23H23ClN2O/c24-19-9-7-16(8-10-19)15-1-5-18(6-2-15)23(27)22-20(17-3-4-17)11-12-26-14-25-13-21(22)26/h7-15,17-18H,1-6H2. The first-order chi connectivity index (χ1) is 13.2. The quantitative estimate of drug-likeness (QED) is 0.520. The fraction of sp³-hybridized carbons (Fsp3) is 0.391. The van der Waals surface area contributed by atoms with Crippen molar-refractivity contribution in [3.05, 3.63) is 70.8 Å². The van der Waals surface area contributed by atoms with E-state index in [4.69, 9.17) is 11.6 Å². The zero-order valence-electron chi connectivity index (χ0n) is 15.3. The minimum atomic E-state index is 0.132. The van der Waals surface area contributed by atoms with Crippen LogP contribution in [0.5, 0.6) is 0 Å². The van der Waals surface area contributed by atoms with Gasteiger partial charge in [-0.25, -0.2) is 4.98 Å². The molecular weight excluding hydrogens is 356 g/mol. The van der Waals surface area contributed by atoms with Gasteiger partial charge in [0.25, 0.3) is 0 Å². The minimum absolute atomic E-state index is 0.132. The molecule has 0 amide bonds. The lowest BCUT2D eigenvalue weighted by molar-refractivity contribution is 0.0884. The monoisotopic (exact) mass is 378 g/mol. The molecule has 2 saturated carbocycles. The van der Waals surface area contributed by atoms with Gasteiger partial charge in [-0.15, -0.1) is 0 Å². The molecule has 27 heavy (non-hydrogen) atoms. The maximum atomic E-state index is 13.5. The van der Waals surface area contributed by atoms with Gasteiger partial charge in [0.1, 0.15) is 0 Å². The van der Waals surface area contributed by atoms with Crippen LogP contribution in [0.25, 0.3) is 5.52 Å². The van der Waals surface area contributed by atoms with E-state index in [1.54, 1.807) is 6.33 Å². The molecule has 0 N–H and O–H groups in total. The molecule has 2 heterocycles. The summed E-state index contributed by atoms with van der Waals surface area (Å²) in [4.78, 5) is 17.8. The highest BCUT2D eigenvalue weighted by atomic mass is 35.5. The lowest BCUT2D eigenvalue weighted by atomic mass is 9.75. The number of carbonyl (C=O) groups excluding carboxylic acids is 1. The van der Waals surface area contributed by atoms with E-state index in [1.807, 2.05) is 28.9 Å². The zero-order valence-corrected chi connectivity index (χ0v) is 16.0. The highest BCUT2D eigenvalue weighted by Crippen LogP contribution is 2.44. The van der Waals surface area contributed by atoms with Crippen LogP contribution < -0.4 is 0 Å². The molecule has 0 unspecified atom stereocenters. The number of aromatic nitrogens is 2. The molecule has 3 aromatic rings. The number of halogens is 1. The number of carbonyl (C=O) groups is 1. The Kier molecular flexibility index (Phi) is 4.28. The summed E-state index contributed by atoms with van der Waals surface area (Å²) in [6, 6.07) is 10.3. The van der Waals surface area contributed by atoms with E-state index in [9.17, 15) is 4.79 Å². The van der Waals surface area contributed by atoms with Gasteiger partial charge in [0, 0.05) is 22.7 Å². The van der Waals surface area contributed by atoms with Crippen molar-refractivity contribution in [3.8, 4) is 0 Å². The average molecular weight is 379 g/mol. The fourth-order valence-corrected chi connectivity index (χ4v) is 4.77. The van der Waals surface area contributed by atoms with E-state index in [-0.39, 0.29) is 5.92 Å². The second-order valence-electron chi connectivity index (χ2n) is 8.07. The second kappa shape index (κ2) is 6.79. The Morgan fingerprint density at radius 1 is 0.963 bits per heavy atom. The Labute approximate surface area is 164 Å². The van der Waals surface area contributed by atoms with Crippen molar-refractivity contribution in [1.82, 2.24) is 9.38 Å². The number of Topliss-reactive ketones (excluding diaryl/α,β-unsaturated/α-hetero) is 1. The van der Waals surface area contributed by atoms with Crippen molar-refractivity contribution in [3.63, 3.8) is 0 Å². The van der Waals surface area contributed by atoms with Gasteiger partial charge in [-0.05, 0) is 79.7 Å². The number of hydrogen-bond acceptors (Lipinski definition) is 2. The third kappa shape index (κ3) is 3.19. The van der Waals surface area contributed by atoms with Crippen LogP contribution >= 0.6 is 11.6 Å². The van der Waals surface area contributed by atoms with E-state index in [0.29, 0.717) is 17.6 Å². The molecule has 0 spiro atoms. The SMILES string of the molecule is O=C(c1c(C2CC2)ccn2cncc12)C1CCC(c2ccc(Cl)cc2)CC1. The molecule has 2 aliphatic rings. The van der Waals surface area contributed by atoms with Gasteiger partial charge in [-0.3, -0.25) is 4.79 Å². The van der Waals surface area contributed by atoms with Crippen LogP contribution in [-0.2, 0) is 0 Å². The first-order valence-electron chi connectivity index (χ1n) is 9.95. The number of fused-ring (bicyclic) bond motifs is 1. The second-order valence-corrected chi connectivity index (χ2v) is 8.51. The minimum Gasteiger partial charge on any atom is -0.306 e. The molecule has 1 aromatic carbocycles. The van der Waals surface area contributed by atoms with Gasteiger partial charge in [-0.2, -0.15) is 0 Å². The third-order valence-electron chi connectivity index (χ3n) is 6.33. The highest BCUT2D eigenvalue weighted by Gasteiger charge is 2.34. The summed E-state index contributed by atoms with van der Waals surface area (Å²) in [7, 11) is 0. The number of hydrogen-bond donors (Lipinski definition) is 0. The van der Waals surface area contributed by atoms with Crippen LogP contribution in [0.2, 0.25) is 5.02 Å². The van der Waals surface area contributed by atoms with E-state index < -0.39 is 0 Å². The maximum Gasteiger partial charge on any atom is 0.168 e. The molecule has 138 valence electrons. The fourth-order valence-electron chi connectivity index (χ4n) is 4.64. The largest absolute Gasteiger partial charge is 0.306 e. The van der Waals surface area contributed by atoms with Gasteiger partial charge in [0.05, 0.1) is 18.0 Å². The van der Waals surface area contributed by atoms with Gasteiger partial charge in [-0.1, -0.05) is 23.7 Å². The Hall–Kier alpha value is -2.13. The van der Waals surface area contributed by atoms with Crippen LogP contribution in [0, 0.1) is 5.92 Å². The molecule has 0 aliphatic heterocycles. The molecule has 0 saturated heterocycles. The molecule has 2 aromatic heterocycles. The topological polar surface area (TPSA) is 34.4 Å². The molecular formula is C23H23ClN2O. The van der Waals surface area contributed by atoms with Crippen LogP contribution in [0.4, 0.5) is 0 Å². The first kappa shape index (κ1) is 17.0. The molecule has 2 aliphatic carbocycles. The smallest absolute Gasteiger partial charge is 0.168 e. The Morgan fingerprint density at radius 2 is 1.67 bits per heavy atom. The van der Waals surface area contributed by atoms with Crippen LogP contribution in [0.15, 0.2) is 49.1 Å². The normalized spacial score (nSPS) is 22.9. The zero-order chi connectivity index (χ0) is 18.4. The molecule has 0 bridgehead atoms. The molecule has 2 fully saturated rings. The number of benzene rings is 1. The Balaban J connectivity index is 1.38.